The Kier molecular flexibility index (Phi) is 3.93. The predicted octanol–water partition coefficient (Wildman–Crippen LogP) is 2.16. The number of hydrogen-bond donors (Lipinski definition) is 3. The molecule has 5 aliphatic rings. The van der Waals surface area contributed by atoms with Gasteiger partial charge in [0.05, 0.1) is 11.0 Å². The zero-order valence-electron chi connectivity index (χ0n) is 16.2. The van der Waals surface area contributed by atoms with Gasteiger partial charge >= 0.3 is 0 Å². The number of nitrogens with zero attached hydrogens (tertiary/aromatic N) is 2. The second-order valence-electron chi connectivity index (χ2n) is 9.15. The molecule has 2 saturated carbocycles. The summed E-state index contributed by atoms with van der Waals surface area (Å²) in [6.45, 7) is 6.40. The topological polar surface area (TPSA) is 116 Å². The number of ether oxygens (including phenoxy) is 1. The fourth-order valence-electron chi connectivity index (χ4n) is 6.39. The highest BCUT2D eigenvalue weighted by molar-refractivity contribution is 5.63. The third-order valence-electron chi connectivity index (χ3n) is 7.71. The third kappa shape index (κ3) is 2.45. The van der Waals surface area contributed by atoms with Crippen LogP contribution in [-0.2, 0) is 11.8 Å². The molecular weight excluding hydrogens is 376 g/mol. The molecule has 0 unspecified atom stereocenters. The van der Waals surface area contributed by atoms with E-state index in [0.717, 1.165) is 55.8 Å². The van der Waals surface area contributed by atoms with Crippen LogP contribution in [0.4, 0.5) is 0 Å². The molecule has 1 aromatic rings. The van der Waals surface area contributed by atoms with Crippen molar-refractivity contribution in [2.45, 2.75) is 61.7 Å². The van der Waals surface area contributed by atoms with Crippen LogP contribution in [-0.4, -0.2) is 56.2 Å². The molecule has 0 aromatic heterocycles. The molecule has 2 aliphatic heterocycles. The van der Waals surface area contributed by atoms with Crippen LogP contribution in [0.25, 0.3) is 0 Å². The van der Waals surface area contributed by atoms with E-state index in [1.54, 1.807) is 6.07 Å². The highest BCUT2D eigenvalue weighted by atomic mass is 16.9. The fraction of sp³-hybridized carbons (Fsp3) is 0.619. The van der Waals surface area contributed by atoms with Gasteiger partial charge in [0.2, 0.25) is 0 Å². The van der Waals surface area contributed by atoms with E-state index in [-0.39, 0.29) is 17.9 Å². The van der Waals surface area contributed by atoms with Gasteiger partial charge in [-0.1, -0.05) is 12.6 Å². The van der Waals surface area contributed by atoms with Crippen molar-refractivity contribution in [3.05, 3.63) is 45.5 Å². The molecule has 0 amide bonds. The largest absolute Gasteiger partial charge is 0.504 e. The SMILES string of the molecule is C=C1CC[C@@]2(O)[C@H]3Cc4ccc(O)c5c4[C@@]2(CCN3CC2CC2)[C@H]1O5.O=[N+]([O-])O. The Bertz CT molecular complexity index is 895. The van der Waals surface area contributed by atoms with Gasteiger partial charge in [0, 0.05) is 18.2 Å². The first-order valence-electron chi connectivity index (χ1n) is 10.3. The van der Waals surface area contributed by atoms with Crippen molar-refractivity contribution in [2.75, 3.05) is 13.1 Å². The van der Waals surface area contributed by atoms with Crippen molar-refractivity contribution in [3.8, 4) is 11.5 Å². The van der Waals surface area contributed by atoms with Crippen LogP contribution in [0, 0.1) is 16.0 Å². The fourth-order valence-corrected chi connectivity index (χ4v) is 6.39. The van der Waals surface area contributed by atoms with Gasteiger partial charge in [-0.3, -0.25) is 4.90 Å². The van der Waals surface area contributed by atoms with Crippen molar-refractivity contribution in [3.63, 3.8) is 0 Å². The van der Waals surface area contributed by atoms with Gasteiger partial charge in [0.25, 0.3) is 5.09 Å². The molecule has 6 rings (SSSR count). The van der Waals surface area contributed by atoms with Crippen molar-refractivity contribution in [2.24, 2.45) is 5.92 Å². The number of phenolic OH excluding ortho intramolecular Hbond substituents is 1. The predicted molar refractivity (Wildman–Crippen MR) is 103 cm³/mol. The lowest BCUT2D eigenvalue weighted by molar-refractivity contribution is -0.742. The van der Waals surface area contributed by atoms with E-state index in [9.17, 15) is 10.2 Å². The second-order valence-corrected chi connectivity index (χ2v) is 9.15. The Morgan fingerprint density at radius 1 is 1.34 bits per heavy atom. The van der Waals surface area contributed by atoms with Gasteiger partial charge in [0.1, 0.15) is 6.10 Å². The number of aliphatic hydroxyl groups is 1. The molecule has 156 valence electrons. The van der Waals surface area contributed by atoms with Gasteiger partial charge in [0.15, 0.2) is 11.5 Å². The van der Waals surface area contributed by atoms with Crippen LogP contribution in [0.5, 0.6) is 11.5 Å². The Labute approximate surface area is 168 Å². The summed E-state index contributed by atoms with van der Waals surface area (Å²) < 4.78 is 6.29. The minimum absolute atomic E-state index is 0.157. The number of phenols is 1. The van der Waals surface area contributed by atoms with Crippen LogP contribution in [0.1, 0.15) is 43.2 Å². The molecule has 2 heterocycles. The van der Waals surface area contributed by atoms with Crippen LogP contribution < -0.4 is 4.74 Å². The average Bonchev–Trinajstić information content (AvgIpc) is 3.39. The smallest absolute Gasteiger partial charge is 0.291 e. The molecule has 0 radical (unpaired) electrons. The zero-order valence-corrected chi connectivity index (χ0v) is 16.2. The van der Waals surface area contributed by atoms with E-state index < -0.39 is 16.1 Å². The Morgan fingerprint density at radius 2 is 2.07 bits per heavy atom. The molecule has 29 heavy (non-hydrogen) atoms. The summed E-state index contributed by atoms with van der Waals surface area (Å²) in [4.78, 5) is 10.9. The van der Waals surface area contributed by atoms with E-state index >= 15 is 0 Å². The van der Waals surface area contributed by atoms with Crippen molar-refractivity contribution in [1.82, 2.24) is 4.90 Å². The van der Waals surface area contributed by atoms with Gasteiger partial charge in [-0.15, -0.1) is 10.1 Å². The van der Waals surface area contributed by atoms with Crippen molar-refractivity contribution < 1.29 is 25.2 Å². The summed E-state index contributed by atoms with van der Waals surface area (Å²) in [7, 11) is 0. The number of rotatable bonds is 2. The quantitative estimate of drug-likeness (QED) is 0.394. The normalized spacial score (nSPS) is 36.5. The molecular formula is C21H26N2O6. The highest BCUT2D eigenvalue weighted by Crippen LogP contribution is 2.66. The lowest BCUT2D eigenvalue weighted by Crippen LogP contribution is -2.75. The number of benzene rings is 1. The number of piperidine rings is 1. The lowest BCUT2D eigenvalue weighted by atomic mass is 9.48. The summed E-state index contributed by atoms with van der Waals surface area (Å²) >= 11 is 0. The number of aromatic hydroxyl groups is 1. The van der Waals surface area contributed by atoms with Gasteiger partial charge in [-0.25, -0.2) is 0 Å². The van der Waals surface area contributed by atoms with E-state index in [0.29, 0.717) is 5.75 Å². The molecule has 1 aromatic carbocycles. The molecule has 3 aliphatic carbocycles. The summed E-state index contributed by atoms with van der Waals surface area (Å²) in [5, 5.41) is 36.1. The molecule has 8 nitrogen and oxygen atoms in total. The maximum absolute atomic E-state index is 12.1. The van der Waals surface area contributed by atoms with E-state index in [1.807, 2.05) is 6.07 Å². The van der Waals surface area contributed by atoms with Crippen molar-refractivity contribution >= 4 is 0 Å². The van der Waals surface area contributed by atoms with Crippen LogP contribution in [0.15, 0.2) is 24.3 Å². The molecule has 3 fully saturated rings. The molecule has 2 bridgehead atoms. The average molecular weight is 402 g/mol. The molecule has 8 heteroatoms. The Hall–Kier alpha value is -2.32. The lowest BCUT2D eigenvalue weighted by Gasteiger charge is -2.63. The standard InChI is InChI=1S/C21H25NO3.HNO3/c1-12-6-7-21(24)16-10-14-4-5-15(23)18-17(14)20(21,19(12)25-18)8-9-22(16)11-13-2-3-13;2-1(3)4/h4-5,13,16,19,23-24H,1-3,6-11H2;(H,2,3,4)/t16-,19+,20+,21-;/m1./s1. The first-order valence-corrected chi connectivity index (χ1v) is 10.3. The van der Waals surface area contributed by atoms with E-state index in [2.05, 4.69) is 11.5 Å². The highest BCUT2D eigenvalue weighted by Gasteiger charge is 2.71. The van der Waals surface area contributed by atoms with Gasteiger partial charge < -0.3 is 20.2 Å². The number of likely N-dealkylation sites (tertiary alicyclic amines) is 1. The maximum Gasteiger partial charge on any atom is 0.291 e. The zero-order chi connectivity index (χ0) is 20.6. The minimum Gasteiger partial charge on any atom is -0.504 e. The van der Waals surface area contributed by atoms with Crippen LogP contribution in [0.3, 0.4) is 0 Å². The molecule has 1 saturated heterocycles. The van der Waals surface area contributed by atoms with E-state index in [1.165, 1.54) is 18.4 Å². The summed E-state index contributed by atoms with van der Waals surface area (Å²) in [6, 6.07) is 3.96. The summed E-state index contributed by atoms with van der Waals surface area (Å²) in [5.41, 5.74) is 2.21. The summed E-state index contributed by atoms with van der Waals surface area (Å²) in [5.74, 6) is 1.64. The third-order valence-corrected chi connectivity index (χ3v) is 7.71. The van der Waals surface area contributed by atoms with Crippen LogP contribution >= 0.6 is 0 Å². The summed E-state index contributed by atoms with van der Waals surface area (Å²) in [6.07, 6.45) is 5.79. The molecule has 1 spiro atoms. The maximum atomic E-state index is 12.1. The first kappa shape index (κ1) is 18.7. The van der Waals surface area contributed by atoms with Crippen LogP contribution in [0.2, 0.25) is 0 Å². The Morgan fingerprint density at radius 3 is 2.76 bits per heavy atom. The monoisotopic (exact) mass is 402 g/mol. The molecule has 3 N–H and O–H groups in total. The number of hydrogen-bond acceptors (Lipinski definition) is 6. The Balaban J connectivity index is 0.000000419. The first-order chi connectivity index (χ1) is 13.8. The van der Waals surface area contributed by atoms with Gasteiger partial charge in [-0.05, 0) is 68.2 Å². The van der Waals surface area contributed by atoms with E-state index in [4.69, 9.17) is 20.1 Å². The van der Waals surface area contributed by atoms with Crippen molar-refractivity contribution in [1.29, 1.82) is 0 Å². The second kappa shape index (κ2) is 6.09. The minimum atomic E-state index is -1.50. The van der Waals surface area contributed by atoms with Gasteiger partial charge in [-0.2, -0.15) is 0 Å². The molecule has 4 atom stereocenters.